The number of hydrogen-bond acceptors (Lipinski definition) is 2. The molecule has 0 unspecified atom stereocenters. The molecule has 0 aliphatic heterocycles. The minimum atomic E-state index is -0.399. The molecule has 0 aliphatic rings. The second-order valence-electron chi connectivity index (χ2n) is 4.84. The highest BCUT2D eigenvalue weighted by molar-refractivity contribution is 6.08. The fourth-order valence-electron chi connectivity index (χ4n) is 2.24. The molecule has 0 atom stereocenters. The predicted molar refractivity (Wildman–Crippen MR) is 81.9 cm³/mol. The molecule has 3 rings (SSSR count). The third-order valence-corrected chi connectivity index (χ3v) is 3.28. The lowest BCUT2D eigenvalue weighted by Gasteiger charge is -2.07. The number of carbonyl (C=O) groups excluding carboxylic acids is 1. The van der Waals surface area contributed by atoms with Gasteiger partial charge < -0.3 is 4.74 Å². The van der Waals surface area contributed by atoms with Crippen LogP contribution in [0.25, 0.3) is 21.5 Å². The molecule has 3 aromatic carbocycles. The van der Waals surface area contributed by atoms with Crippen molar-refractivity contribution in [2.75, 3.05) is 0 Å². The standard InChI is InChI=1S/C18H14O2/c1-12(2)18(19)20-15-10-9-14-8-7-13-5-3-4-6-16(13)17(14)11-15/h3-11H,1H2,2H3. The van der Waals surface area contributed by atoms with Crippen molar-refractivity contribution < 1.29 is 9.53 Å². The van der Waals surface area contributed by atoms with Gasteiger partial charge in [0.15, 0.2) is 0 Å². The first kappa shape index (κ1) is 12.4. The van der Waals surface area contributed by atoms with Gasteiger partial charge >= 0.3 is 5.97 Å². The highest BCUT2D eigenvalue weighted by Gasteiger charge is 2.07. The first-order valence-corrected chi connectivity index (χ1v) is 6.44. The number of rotatable bonds is 2. The van der Waals surface area contributed by atoms with Crippen molar-refractivity contribution in [1.82, 2.24) is 0 Å². The molecule has 0 radical (unpaired) electrons. The van der Waals surface area contributed by atoms with Crippen LogP contribution in [0.3, 0.4) is 0 Å². The SMILES string of the molecule is C=C(C)C(=O)Oc1ccc2ccc3ccccc3c2c1. The molecule has 0 bridgehead atoms. The van der Waals surface area contributed by atoms with Crippen molar-refractivity contribution in [3.63, 3.8) is 0 Å². The number of benzene rings is 3. The van der Waals surface area contributed by atoms with Crippen LogP contribution in [-0.4, -0.2) is 5.97 Å². The molecule has 2 heteroatoms. The maximum absolute atomic E-state index is 11.6. The van der Waals surface area contributed by atoms with Gasteiger partial charge in [0.1, 0.15) is 5.75 Å². The van der Waals surface area contributed by atoms with Gasteiger partial charge in [0.25, 0.3) is 0 Å². The van der Waals surface area contributed by atoms with Crippen molar-refractivity contribution in [1.29, 1.82) is 0 Å². The van der Waals surface area contributed by atoms with E-state index in [2.05, 4.69) is 30.8 Å². The lowest BCUT2D eigenvalue weighted by molar-refractivity contribution is -0.130. The Bertz CT molecular complexity index is 831. The van der Waals surface area contributed by atoms with E-state index >= 15 is 0 Å². The third kappa shape index (κ3) is 2.16. The van der Waals surface area contributed by atoms with Crippen LogP contribution in [0.1, 0.15) is 6.92 Å². The largest absolute Gasteiger partial charge is 0.423 e. The summed E-state index contributed by atoms with van der Waals surface area (Å²) in [6.07, 6.45) is 0. The fourth-order valence-corrected chi connectivity index (χ4v) is 2.24. The molecule has 20 heavy (non-hydrogen) atoms. The van der Waals surface area contributed by atoms with Gasteiger partial charge in [0, 0.05) is 5.57 Å². The molecule has 3 aromatic rings. The number of fused-ring (bicyclic) bond motifs is 3. The fraction of sp³-hybridized carbons (Fsp3) is 0.0556. The maximum atomic E-state index is 11.6. The van der Waals surface area contributed by atoms with Crippen LogP contribution in [0.2, 0.25) is 0 Å². The number of esters is 1. The zero-order valence-electron chi connectivity index (χ0n) is 11.2. The molecule has 0 spiro atoms. The first-order chi connectivity index (χ1) is 9.65. The molecule has 0 fully saturated rings. The lowest BCUT2D eigenvalue weighted by Crippen LogP contribution is -2.07. The van der Waals surface area contributed by atoms with Crippen LogP contribution >= 0.6 is 0 Å². The molecular formula is C18H14O2. The normalized spacial score (nSPS) is 10.7. The molecule has 0 aliphatic carbocycles. The van der Waals surface area contributed by atoms with E-state index in [1.807, 2.05) is 24.3 Å². The Morgan fingerprint density at radius 3 is 2.35 bits per heavy atom. The van der Waals surface area contributed by atoms with Crippen molar-refractivity contribution in [2.45, 2.75) is 6.92 Å². The van der Waals surface area contributed by atoms with Gasteiger partial charge in [0.05, 0.1) is 0 Å². The van der Waals surface area contributed by atoms with E-state index in [0.29, 0.717) is 11.3 Å². The van der Waals surface area contributed by atoms with Crippen LogP contribution in [0.15, 0.2) is 66.7 Å². The van der Waals surface area contributed by atoms with E-state index in [-0.39, 0.29) is 0 Å². The summed E-state index contributed by atoms with van der Waals surface area (Å²) in [6, 6.07) is 18.0. The predicted octanol–water partition coefficient (Wildman–Crippen LogP) is 4.47. The molecule has 0 N–H and O–H groups in total. The van der Waals surface area contributed by atoms with E-state index in [4.69, 9.17) is 4.74 Å². The van der Waals surface area contributed by atoms with Gasteiger partial charge in [-0.3, -0.25) is 0 Å². The van der Waals surface area contributed by atoms with Crippen LogP contribution < -0.4 is 4.74 Å². The van der Waals surface area contributed by atoms with Crippen molar-refractivity contribution in [2.24, 2.45) is 0 Å². The minimum absolute atomic E-state index is 0.392. The summed E-state index contributed by atoms with van der Waals surface area (Å²) < 4.78 is 5.29. The Hall–Kier alpha value is -2.61. The molecule has 0 saturated heterocycles. The van der Waals surface area contributed by atoms with Crippen LogP contribution in [-0.2, 0) is 4.79 Å². The van der Waals surface area contributed by atoms with Crippen molar-refractivity contribution in [3.8, 4) is 5.75 Å². The summed E-state index contributed by atoms with van der Waals surface area (Å²) in [5.41, 5.74) is 0.392. The second kappa shape index (κ2) is 4.82. The highest BCUT2D eigenvalue weighted by Crippen LogP contribution is 2.28. The van der Waals surface area contributed by atoms with Crippen LogP contribution in [0.4, 0.5) is 0 Å². The van der Waals surface area contributed by atoms with Gasteiger partial charge in [-0.15, -0.1) is 0 Å². The average Bonchev–Trinajstić information content (AvgIpc) is 2.47. The monoisotopic (exact) mass is 262 g/mol. The van der Waals surface area contributed by atoms with Gasteiger partial charge in [-0.2, -0.15) is 0 Å². The van der Waals surface area contributed by atoms with E-state index in [9.17, 15) is 4.79 Å². The molecule has 2 nitrogen and oxygen atoms in total. The third-order valence-electron chi connectivity index (χ3n) is 3.28. The summed E-state index contributed by atoms with van der Waals surface area (Å²) in [5, 5.41) is 4.52. The zero-order valence-corrected chi connectivity index (χ0v) is 11.2. The summed E-state index contributed by atoms with van der Waals surface area (Å²) in [7, 11) is 0. The highest BCUT2D eigenvalue weighted by atomic mass is 16.5. The Labute approximate surface area is 117 Å². The second-order valence-corrected chi connectivity index (χ2v) is 4.84. The van der Waals surface area contributed by atoms with E-state index in [1.165, 1.54) is 5.39 Å². The summed E-state index contributed by atoms with van der Waals surface area (Å²) in [4.78, 5) is 11.6. The average molecular weight is 262 g/mol. The Kier molecular flexibility index (Phi) is 2.99. The molecular weight excluding hydrogens is 248 g/mol. The summed E-state index contributed by atoms with van der Waals surface area (Å²) in [6.45, 7) is 5.23. The molecule has 98 valence electrons. The minimum Gasteiger partial charge on any atom is -0.423 e. The van der Waals surface area contributed by atoms with Gasteiger partial charge in [-0.1, -0.05) is 49.0 Å². The molecule has 0 amide bonds. The van der Waals surface area contributed by atoms with Gasteiger partial charge in [-0.05, 0) is 40.6 Å². The Balaban J connectivity index is 2.16. The first-order valence-electron chi connectivity index (χ1n) is 6.44. The molecule has 0 aromatic heterocycles. The Morgan fingerprint density at radius 2 is 1.60 bits per heavy atom. The quantitative estimate of drug-likeness (QED) is 0.295. The van der Waals surface area contributed by atoms with E-state index in [0.717, 1.165) is 16.2 Å². The molecule has 0 saturated carbocycles. The maximum Gasteiger partial charge on any atom is 0.338 e. The number of ether oxygens (including phenoxy) is 1. The zero-order chi connectivity index (χ0) is 14.1. The smallest absolute Gasteiger partial charge is 0.338 e. The van der Waals surface area contributed by atoms with Crippen molar-refractivity contribution >= 4 is 27.5 Å². The number of hydrogen-bond donors (Lipinski definition) is 0. The molecule has 0 heterocycles. The van der Waals surface area contributed by atoms with E-state index in [1.54, 1.807) is 13.0 Å². The van der Waals surface area contributed by atoms with Crippen LogP contribution in [0.5, 0.6) is 5.75 Å². The summed E-state index contributed by atoms with van der Waals surface area (Å²) in [5.74, 6) is 0.145. The van der Waals surface area contributed by atoms with Crippen LogP contribution in [0, 0.1) is 0 Å². The summed E-state index contributed by atoms with van der Waals surface area (Å²) >= 11 is 0. The van der Waals surface area contributed by atoms with Gasteiger partial charge in [-0.25, -0.2) is 4.79 Å². The van der Waals surface area contributed by atoms with Gasteiger partial charge in [0.2, 0.25) is 0 Å². The van der Waals surface area contributed by atoms with E-state index < -0.39 is 5.97 Å². The topological polar surface area (TPSA) is 26.3 Å². The Morgan fingerprint density at radius 1 is 0.950 bits per heavy atom. The lowest BCUT2D eigenvalue weighted by atomic mass is 10.0. The number of carbonyl (C=O) groups is 1. The van der Waals surface area contributed by atoms with Crippen molar-refractivity contribution in [3.05, 3.63) is 66.7 Å².